The Morgan fingerprint density at radius 3 is 2.07 bits per heavy atom. The summed E-state index contributed by atoms with van der Waals surface area (Å²) in [6.45, 7) is 0. The van der Waals surface area contributed by atoms with Gasteiger partial charge in [0.05, 0.1) is 22.3 Å². The molecule has 5 aromatic rings. The van der Waals surface area contributed by atoms with Crippen LogP contribution in [0.1, 0.15) is 36.4 Å². The lowest BCUT2D eigenvalue weighted by atomic mass is 9.77. The number of benzene rings is 4. The summed E-state index contributed by atoms with van der Waals surface area (Å²) in [5.74, 6) is 0.257. The van der Waals surface area contributed by atoms with E-state index in [1.54, 1.807) is 11.3 Å². The van der Waals surface area contributed by atoms with Crippen LogP contribution in [-0.4, -0.2) is 10.7 Å². The van der Waals surface area contributed by atoms with E-state index in [1.807, 2.05) is 30.3 Å². The molecule has 41 heavy (non-hydrogen) atoms. The van der Waals surface area contributed by atoms with Gasteiger partial charge in [0.25, 0.3) is 0 Å². The molecule has 1 saturated carbocycles. The Morgan fingerprint density at radius 1 is 0.756 bits per heavy atom. The Hall–Kier alpha value is -3.70. The molecule has 1 fully saturated rings. The Morgan fingerprint density at radius 2 is 1.39 bits per heavy atom. The molecule has 6 heteroatoms. The number of thiazole rings is 1. The molecular formula is C35H27Cl2N3S. The molecule has 2 atom stereocenters. The molecular weight excluding hydrogens is 565 g/mol. The standard InChI is InChI=1S/C35H27Cl2N3S/c36-28-18-14-23(15-19-28)22-27-12-7-13-30-31(27)39-40(33(30)25-16-20-29(37)21-17-25)35-38-32(24-8-3-1-4-9-24)34(41-35)26-10-5-2-6-11-26/h1-6,8-11,14-22,30,33H,7,12-13H2/b27-22+/t30-,33-/m1/s1. The fraction of sp³-hybridized carbons (Fsp3) is 0.143. The fourth-order valence-corrected chi connectivity index (χ4v) is 7.23. The van der Waals surface area contributed by atoms with Crippen LogP contribution in [0.15, 0.2) is 120 Å². The molecule has 2 heterocycles. The van der Waals surface area contributed by atoms with Gasteiger partial charge in [0.15, 0.2) is 0 Å². The first-order valence-corrected chi connectivity index (χ1v) is 15.4. The second kappa shape index (κ2) is 11.3. The number of nitrogens with zero attached hydrogens (tertiary/aromatic N) is 3. The number of anilines is 1. The lowest BCUT2D eigenvalue weighted by Gasteiger charge is -2.29. The fourth-order valence-electron chi connectivity index (χ4n) is 5.90. The molecule has 1 aliphatic heterocycles. The Labute approximate surface area is 254 Å². The van der Waals surface area contributed by atoms with E-state index in [9.17, 15) is 0 Å². The van der Waals surface area contributed by atoms with E-state index in [2.05, 4.69) is 89.9 Å². The highest BCUT2D eigenvalue weighted by atomic mass is 35.5. The molecule has 0 radical (unpaired) electrons. The third-order valence-electron chi connectivity index (χ3n) is 7.82. The van der Waals surface area contributed by atoms with E-state index in [-0.39, 0.29) is 12.0 Å². The van der Waals surface area contributed by atoms with Crippen molar-refractivity contribution >= 4 is 51.5 Å². The number of hydrogen-bond acceptors (Lipinski definition) is 4. The minimum atomic E-state index is 0.0366. The van der Waals surface area contributed by atoms with Gasteiger partial charge in [-0.25, -0.2) is 9.99 Å². The molecule has 0 unspecified atom stereocenters. The average Bonchev–Trinajstić information content (AvgIpc) is 3.63. The maximum absolute atomic E-state index is 6.32. The smallest absolute Gasteiger partial charge is 0.207 e. The first-order valence-electron chi connectivity index (χ1n) is 13.9. The van der Waals surface area contributed by atoms with Gasteiger partial charge >= 0.3 is 0 Å². The molecule has 0 bridgehead atoms. The highest BCUT2D eigenvalue weighted by molar-refractivity contribution is 7.19. The third-order valence-corrected chi connectivity index (χ3v) is 9.42. The van der Waals surface area contributed by atoms with Crippen molar-refractivity contribution in [2.75, 3.05) is 5.01 Å². The number of aromatic nitrogens is 1. The highest BCUT2D eigenvalue weighted by Gasteiger charge is 2.43. The maximum atomic E-state index is 6.32. The Bertz CT molecular complexity index is 1670. The summed E-state index contributed by atoms with van der Waals surface area (Å²) in [4.78, 5) is 6.43. The van der Waals surface area contributed by atoms with E-state index in [4.69, 9.17) is 33.3 Å². The van der Waals surface area contributed by atoms with Crippen LogP contribution in [0.4, 0.5) is 5.13 Å². The zero-order valence-corrected chi connectivity index (χ0v) is 24.6. The van der Waals surface area contributed by atoms with Crippen molar-refractivity contribution in [1.82, 2.24) is 4.98 Å². The minimum absolute atomic E-state index is 0.0366. The molecule has 1 aromatic heterocycles. The summed E-state index contributed by atoms with van der Waals surface area (Å²) in [7, 11) is 0. The van der Waals surface area contributed by atoms with Gasteiger partial charge in [-0.05, 0) is 71.9 Å². The number of allylic oxidation sites excluding steroid dienone is 1. The van der Waals surface area contributed by atoms with Gasteiger partial charge in [-0.1, -0.05) is 119 Å². The van der Waals surface area contributed by atoms with Crippen LogP contribution in [0.25, 0.3) is 27.8 Å². The molecule has 0 saturated heterocycles. The number of rotatable bonds is 5. The van der Waals surface area contributed by atoms with Gasteiger partial charge in [-0.3, -0.25) is 0 Å². The SMILES string of the molecule is Clc1ccc(/C=C2\CCC[C@@H]3C2=NN(c2nc(-c4ccccc4)c(-c4ccccc4)s2)[C@@H]3c2ccc(Cl)cc2)cc1. The first kappa shape index (κ1) is 26.2. The lowest BCUT2D eigenvalue weighted by molar-refractivity contribution is 0.487. The molecule has 4 aromatic carbocycles. The van der Waals surface area contributed by atoms with Crippen LogP contribution in [-0.2, 0) is 0 Å². The van der Waals surface area contributed by atoms with Crippen molar-refractivity contribution in [3.63, 3.8) is 0 Å². The maximum Gasteiger partial charge on any atom is 0.207 e. The number of fused-ring (bicyclic) bond motifs is 1. The van der Waals surface area contributed by atoms with Crippen LogP contribution in [0.3, 0.4) is 0 Å². The zero-order chi connectivity index (χ0) is 27.8. The summed E-state index contributed by atoms with van der Waals surface area (Å²) < 4.78 is 0. The summed E-state index contributed by atoms with van der Waals surface area (Å²) in [5.41, 5.74) is 8.02. The van der Waals surface area contributed by atoms with Gasteiger partial charge in [0.2, 0.25) is 5.13 Å². The summed E-state index contributed by atoms with van der Waals surface area (Å²) in [6, 6.07) is 37.3. The Balaban J connectivity index is 1.38. The molecule has 0 N–H and O–H groups in total. The van der Waals surface area contributed by atoms with Crippen molar-refractivity contribution in [1.29, 1.82) is 0 Å². The summed E-state index contributed by atoms with van der Waals surface area (Å²) in [5, 5.41) is 9.92. The van der Waals surface area contributed by atoms with Gasteiger partial charge in [-0.2, -0.15) is 5.10 Å². The van der Waals surface area contributed by atoms with E-state index in [0.717, 1.165) is 67.4 Å². The van der Waals surface area contributed by atoms with E-state index in [0.29, 0.717) is 0 Å². The van der Waals surface area contributed by atoms with E-state index < -0.39 is 0 Å². The van der Waals surface area contributed by atoms with Crippen molar-refractivity contribution in [2.24, 2.45) is 11.0 Å². The third kappa shape index (κ3) is 5.24. The average molecular weight is 593 g/mol. The molecule has 2 aliphatic rings. The topological polar surface area (TPSA) is 28.5 Å². The highest BCUT2D eigenvalue weighted by Crippen LogP contribution is 2.49. The molecule has 202 valence electrons. The second-order valence-electron chi connectivity index (χ2n) is 10.5. The molecule has 7 rings (SSSR count). The largest absolute Gasteiger partial charge is 0.231 e. The van der Waals surface area contributed by atoms with Crippen molar-refractivity contribution in [2.45, 2.75) is 25.3 Å². The van der Waals surface area contributed by atoms with Gasteiger partial charge in [0, 0.05) is 21.5 Å². The zero-order valence-electron chi connectivity index (χ0n) is 22.3. The predicted octanol–water partition coefficient (Wildman–Crippen LogP) is 10.6. The monoisotopic (exact) mass is 591 g/mol. The number of hydrazone groups is 1. The van der Waals surface area contributed by atoms with E-state index in [1.165, 1.54) is 11.1 Å². The normalized spacial score (nSPS) is 19.3. The molecule has 0 amide bonds. The predicted molar refractivity (Wildman–Crippen MR) is 174 cm³/mol. The van der Waals surface area contributed by atoms with Crippen molar-refractivity contribution in [3.8, 4) is 21.7 Å². The van der Waals surface area contributed by atoms with Gasteiger partial charge < -0.3 is 0 Å². The molecule has 3 nitrogen and oxygen atoms in total. The van der Waals surface area contributed by atoms with Gasteiger partial charge in [-0.15, -0.1) is 0 Å². The van der Waals surface area contributed by atoms with Crippen LogP contribution in [0.5, 0.6) is 0 Å². The van der Waals surface area contributed by atoms with Crippen LogP contribution >= 0.6 is 34.5 Å². The van der Waals surface area contributed by atoms with Gasteiger partial charge in [0.1, 0.15) is 0 Å². The van der Waals surface area contributed by atoms with E-state index >= 15 is 0 Å². The Kier molecular flexibility index (Phi) is 7.22. The first-order chi connectivity index (χ1) is 20.1. The van der Waals surface area contributed by atoms with Crippen molar-refractivity contribution in [3.05, 3.63) is 136 Å². The minimum Gasteiger partial charge on any atom is -0.231 e. The van der Waals surface area contributed by atoms with Crippen LogP contribution in [0.2, 0.25) is 10.0 Å². The van der Waals surface area contributed by atoms with Crippen LogP contribution < -0.4 is 5.01 Å². The van der Waals surface area contributed by atoms with Crippen molar-refractivity contribution < 1.29 is 0 Å². The molecule has 0 spiro atoms. The quantitative estimate of drug-likeness (QED) is 0.203. The summed E-state index contributed by atoms with van der Waals surface area (Å²) >= 11 is 14.2. The lowest BCUT2D eigenvalue weighted by Crippen LogP contribution is -2.28. The molecule has 1 aliphatic carbocycles. The second-order valence-corrected chi connectivity index (χ2v) is 12.3. The summed E-state index contributed by atoms with van der Waals surface area (Å²) in [6.07, 6.45) is 5.46. The van der Waals surface area contributed by atoms with Crippen LogP contribution in [0, 0.1) is 5.92 Å². The number of hydrogen-bond donors (Lipinski definition) is 0. The number of halogens is 2.